The minimum absolute atomic E-state index is 0.170. The topological polar surface area (TPSA) is 12.5 Å². The average molecular weight is 146 g/mol. The van der Waals surface area contributed by atoms with Gasteiger partial charge in [0.05, 0.1) is 0 Å². The van der Waals surface area contributed by atoms with E-state index in [1.54, 1.807) is 0 Å². The fourth-order valence-electron chi connectivity index (χ4n) is 2.09. The van der Waals surface area contributed by atoms with E-state index in [0.717, 1.165) is 6.42 Å². The molecule has 0 spiro atoms. The van der Waals surface area contributed by atoms with Crippen LogP contribution >= 0.6 is 0 Å². The molecule has 0 unspecified atom stereocenters. The molecular formula is C10H10O. The second kappa shape index (κ2) is 1.51. The number of hydrogen-bond donors (Lipinski definition) is 0. The van der Waals surface area contributed by atoms with Gasteiger partial charge in [-0.1, -0.05) is 24.3 Å². The fraction of sp³-hybridized carbons (Fsp3) is 0.400. The summed E-state index contributed by atoms with van der Waals surface area (Å²) in [6.45, 7) is 2.19. The molecule has 1 fully saturated rings. The van der Waals surface area contributed by atoms with Gasteiger partial charge in [-0.3, -0.25) is 0 Å². The smallest absolute Gasteiger partial charge is 0.113 e. The van der Waals surface area contributed by atoms with Gasteiger partial charge < -0.3 is 4.74 Å². The number of hydrogen-bond acceptors (Lipinski definition) is 1. The summed E-state index contributed by atoms with van der Waals surface area (Å²) in [5, 5.41) is 0. The largest absolute Gasteiger partial charge is 0.361 e. The van der Waals surface area contributed by atoms with Gasteiger partial charge >= 0.3 is 0 Å². The van der Waals surface area contributed by atoms with Crippen molar-refractivity contribution in [2.45, 2.75) is 25.0 Å². The first-order valence-electron chi connectivity index (χ1n) is 4.05. The highest BCUT2D eigenvalue weighted by Crippen LogP contribution is 2.57. The molecular weight excluding hydrogens is 136 g/mol. The fourth-order valence-corrected chi connectivity index (χ4v) is 2.09. The molecule has 1 aromatic rings. The summed E-state index contributed by atoms with van der Waals surface area (Å²) < 4.78 is 5.57. The number of epoxide rings is 1. The lowest BCUT2D eigenvalue weighted by Gasteiger charge is -2.01. The Kier molecular flexibility index (Phi) is 0.793. The average Bonchev–Trinajstić information content (AvgIpc) is 2.56. The SMILES string of the molecule is C[C@@]12Cc3ccccc3[C@@H]1O2. The van der Waals surface area contributed by atoms with Crippen molar-refractivity contribution in [2.24, 2.45) is 0 Å². The van der Waals surface area contributed by atoms with E-state index in [2.05, 4.69) is 31.2 Å². The zero-order valence-corrected chi connectivity index (χ0v) is 6.50. The van der Waals surface area contributed by atoms with Gasteiger partial charge in [-0.25, -0.2) is 0 Å². The molecule has 11 heavy (non-hydrogen) atoms. The third-order valence-electron chi connectivity index (χ3n) is 2.76. The van der Waals surface area contributed by atoms with Crippen LogP contribution in [0.5, 0.6) is 0 Å². The van der Waals surface area contributed by atoms with Crippen LogP contribution in [0, 0.1) is 0 Å². The second-order valence-corrected chi connectivity index (χ2v) is 3.69. The minimum atomic E-state index is 0.170. The molecule has 2 aliphatic rings. The van der Waals surface area contributed by atoms with Gasteiger partial charge in [0.2, 0.25) is 0 Å². The Morgan fingerprint density at radius 2 is 2.27 bits per heavy atom. The number of ether oxygens (including phenoxy) is 1. The van der Waals surface area contributed by atoms with Crippen LogP contribution in [0.15, 0.2) is 24.3 Å². The van der Waals surface area contributed by atoms with E-state index in [-0.39, 0.29) is 5.60 Å². The molecule has 0 bridgehead atoms. The molecule has 1 aromatic carbocycles. The van der Waals surface area contributed by atoms with E-state index in [1.165, 1.54) is 11.1 Å². The lowest BCUT2D eigenvalue weighted by molar-refractivity contribution is 0.298. The molecule has 1 nitrogen and oxygen atoms in total. The first kappa shape index (κ1) is 5.78. The summed E-state index contributed by atoms with van der Waals surface area (Å²) in [7, 11) is 0. The molecule has 2 atom stereocenters. The maximum Gasteiger partial charge on any atom is 0.113 e. The molecule has 1 heterocycles. The molecule has 1 saturated heterocycles. The van der Waals surface area contributed by atoms with Crippen LogP contribution in [-0.2, 0) is 11.2 Å². The monoisotopic (exact) mass is 146 g/mol. The molecule has 0 N–H and O–H groups in total. The first-order valence-corrected chi connectivity index (χ1v) is 4.05. The Morgan fingerprint density at radius 1 is 1.45 bits per heavy atom. The molecule has 0 saturated carbocycles. The molecule has 0 radical (unpaired) electrons. The Morgan fingerprint density at radius 3 is 3.09 bits per heavy atom. The van der Waals surface area contributed by atoms with Gasteiger partial charge in [0.15, 0.2) is 0 Å². The first-order chi connectivity index (χ1) is 5.30. The van der Waals surface area contributed by atoms with Crippen molar-refractivity contribution in [3.63, 3.8) is 0 Å². The molecule has 0 amide bonds. The van der Waals surface area contributed by atoms with Crippen molar-refractivity contribution >= 4 is 0 Å². The van der Waals surface area contributed by atoms with Crippen LogP contribution in [0.25, 0.3) is 0 Å². The van der Waals surface area contributed by atoms with E-state index in [9.17, 15) is 0 Å². The van der Waals surface area contributed by atoms with Crippen molar-refractivity contribution in [3.05, 3.63) is 35.4 Å². The van der Waals surface area contributed by atoms with Crippen LogP contribution in [0.3, 0.4) is 0 Å². The van der Waals surface area contributed by atoms with Gasteiger partial charge in [0, 0.05) is 6.42 Å². The second-order valence-electron chi connectivity index (χ2n) is 3.69. The Labute approximate surface area is 66.0 Å². The van der Waals surface area contributed by atoms with Gasteiger partial charge in [-0.2, -0.15) is 0 Å². The van der Waals surface area contributed by atoms with Crippen molar-refractivity contribution < 1.29 is 4.74 Å². The van der Waals surface area contributed by atoms with Crippen LogP contribution in [-0.4, -0.2) is 5.60 Å². The summed E-state index contributed by atoms with van der Waals surface area (Å²) in [5.41, 5.74) is 3.06. The number of fused-ring (bicyclic) bond motifs is 3. The number of benzene rings is 1. The van der Waals surface area contributed by atoms with Gasteiger partial charge in [0.1, 0.15) is 11.7 Å². The maximum atomic E-state index is 5.57. The summed E-state index contributed by atoms with van der Waals surface area (Å²) >= 11 is 0. The predicted octanol–water partition coefficient (Wildman–Crippen LogP) is 2.07. The van der Waals surface area contributed by atoms with Crippen LogP contribution in [0.1, 0.15) is 24.2 Å². The third-order valence-corrected chi connectivity index (χ3v) is 2.76. The summed E-state index contributed by atoms with van der Waals surface area (Å²) in [6.07, 6.45) is 1.52. The van der Waals surface area contributed by atoms with Crippen molar-refractivity contribution in [2.75, 3.05) is 0 Å². The molecule has 3 rings (SSSR count). The van der Waals surface area contributed by atoms with E-state index in [0.29, 0.717) is 6.10 Å². The Hall–Kier alpha value is -0.820. The van der Waals surface area contributed by atoms with E-state index < -0.39 is 0 Å². The third kappa shape index (κ3) is 0.596. The summed E-state index contributed by atoms with van der Waals surface area (Å²) in [5.74, 6) is 0. The summed E-state index contributed by atoms with van der Waals surface area (Å²) in [4.78, 5) is 0. The predicted molar refractivity (Wildman–Crippen MR) is 42.4 cm³/mol. The van der Waals surface area contributed by atoms with Crippen molar-refractivity contribution in [1.29, 1.82) is 0 Å². The Bertz CT molecular complexity index is 318. The van der Waals surface area contributed by atoms with E-state index in [1.807, 2.05) is 0 Å². The molecule has 0 aromatic heterocycles. The highest BCUT2D eigenvalue weighted by atomic mass is 16.6. The summed E-state index contributed by atoms with van der Waals surface area (Å²) in [6, 6.07) is 8.58. The standard InChI is InChI=1S/C10H10O/c1-10-6-7-4-2-3-5-8(7)9(10)11-10/h2-5,9H,6H2,1H3/t9-,10+/m0/s1. The zero-order valence-electron chi connectivity index (χ0n) is 6.50. The van der Waals surface area contributed by atoms with Crippen LogP contribution in [0.2, 0.25) is 0 Å². The maximum absolute atomic E-state index is 5.57. The molecule has 56 valence electrons. The van der Waals surface area contributed by atoms with Crippen LogP contribution < -0.4 is 0 Å². The van der Waals surface area contributed by atoms with E-state index in [4.69, 9.17) is 4.74 Å². The van der Waals surface area contributed by atoms with Gasteiger partial charge in [0.25, 0.3) is 0 Å². The Balaban J connectivity index is 2.18. The molecule has 1 aliphatic carbocycles. The lowest BCUT2D eigenvalue weighted by atomic mass is 10.1. The highest BCUT2D eigenvalue weighted by Gasteiger charge is 2.58. The molecule has 1 heteroatoms. The minimum Gasteiger partial charge on any atom is -0.361 e. The lowest BCUT2D eigenvalue weighted by Crippen LogP contribution is -2.03. The van der Waals surface area contributed by atoms with E-state index >= 15 is 0 Å². The van der Waals surface area contributed by atoms with Crippen LogP contribution in [0.4, 0.5) is 0 Å². The van der Waals surface area contributed by atoms with Crippen molar-refractivity contribution in [1.82, 2.24) is 0 Å². The quantitative estimate of drug-likeness (QED) is 0.510. The zero-order chi connectivity index (χ0) is 7.47. The molecule has 1 aliphatic heterocycles. The van der Waals surface area contributed by atoms with Crippen molar-refractivity contribution in [3.8, 4) is 0 Å². The normalized spacial score (nSPS) is 38.1. The highest BCUT2D eigenvalue weighted by molar-refractivity contribution is 5.42. The van der Waals surface area contributed by atoms with Gasteiger partial charge in [-0.15, -0.1) is 0 Å². The number of rotatable bonds is 0. The van der Waals surface area contributed by atoms with Gasteiger partial charge in [-0.05, 0) is 18.1 Å².